The number of nitrogens with one attached hydrogen (secondary N) is 2. The predicted molar refractivity (Wildman–Crippen MR) is 116 cm³/mol. The molecule has 3 rings (SSSR count). The van der Waals surface area contributed by atoms with Crippen LogP contribution in [-0.4, -0.2) is 49.3 Å². The molecule has 2 atom stereocenters. The van der Waals surface area contributed by atoms with E-state index in [1.807, 2.05) is 6.20 Å². The second-order valence-corrected chi connectivity index (χ2v) is 8.44. The molecule has 0 spiro atoms. The van der Waals surface area contributed by atoms with Crippen LogP contribution in [0.5, 0.6) is 0 Å². The van der Waals surface area contributed by atoms with Gasteiger partial charge >= 0.3 is 0 Å². The summed E-state index contributed by atoms with van der Waals surface area (Å²) in [5.41, 5.74) is 1.61. The van der Waals surface area contributed by atoms with Crippen molar-refractivity contribution in [2.75, 3.05) is 31.1 Å². The lowest BCUT2D eigenvalue weighted by atomic mass is 9.67. The minimum atomic E-state index is 0.241. The minimum Gasteiger partial charge on any atom is -0.372 e. The first kappa shape index (κ1) is 20.9. The third kappa shape index (κ3) is 5.37. The van der Waals surface area contributed by atoms with Gasteiger partial charge in [-0.2, -0.15) is 0 Å². The Bertz CT molecular complexity index is 625. The highest BCUT2D eigenvalue weighted by atomic mass is 16.5. The zero-order chi connectivity index (χ0) is 20.0. The summed E-state index contributed by atoms with van der Waals surface area (Å²) in [6.45, 7) is 12.9. The molecule has 1 aromatic heterocycles. The molecular weight excluding hydrogens is 350 g/mol. The molecule has 2 fully saturated rings. The van der Waals surface area contributed by atoms with Gasteiger partial charge in [0.25, 0.3) is 0 Å². The fraction of sp³-hybridized carbons (Fsp3) is 0.727. The number of aliphatic imine (C=N–C) groups is 1. The maximum atomic E-state index is 5.82. The first-order chi connectivity index (χ1) is 13.5. The molecule has 0 amide bonds. The van der Waals surface area contributed by atoms with E-state index in [0.29, 0.717) is 12.0 Å². The number of guanidine groups is 1. The molecule has 0 bridgehead atoms. The van der Waals surface area contributed by atoms with Gasteiger partial charge in [-0.05, 0) is 57.1 Å². The zero-order valence-corrected chi connectivity index (χ0v) is 18.0. The summed E-state index contributed by atoms with van der Waals surface area (Å²) >= 11 is 0. The van der Waals surface area contributed by atoms with E-state index in [-0.39, 0.29) is 12.2 Å². The van der Waals surface area contributed by atoms with Crippen LogP contribution in [-0.2, 0) is 11.3 Å². The summed E-state index contributed by atoms with van der Waals surface area (Å²) in [6.07, 6.45) is 7.70. The van der Waals surface area contributed by atoms with Crippen molar-refractivity contribution >= 4 is 11.8 Å². The van der Waals surface area contributed by atoms with Gasteiger partial charge in [-0.25, -0.2) is 9.98 Å². The molecule has 2 N–H and O–H groups in total. The molecule has 1 saturated heterocycles. The highest BCUT2D eigenvalue weighted by molar-refractivity contribution is 5.79. The summed E-state index contributed by atoms with van der Waals surface area (Å²) in [6, 6.07) is 4.25. The van der Waals surface area contributed by atoms with Gasteiger partial charge in [-0.15, -0.1) is 0 Å². The molecule has 2 unspecified atom stereocenters. The Morgan fingerprint density at radius 1 is 1.21 bits per heavy atom. The van der Waals surface area contributed by atoms with Crippen LogP contribution in [0, 0.1) is 5.41 Å². The van der Waals surface area contributed by atoms with E-state index in [0.717, 1.165) is 43.5 Å². The lowest BCUT2D eigenvalue weighted by Crippen LogP contribution is -2.46. The Kier molecular flexibility index (Phi) is 7.16. The van der Waals surface area contributed by atoms with Gasteiger partial charge in [0.2, 0.25) is 0 Å². The van der Waals surface area contributed by atoms with Gasteiger partial charge in [0.05, 0.1) is 18.8 Å². The van der Waals surface area contributed by atoms with Crippen molar-refractivity contribution in [1.29, 1.82) is 0 Å². The molecule has 2 heterocycles. The zero-order valence-electron chi connectivity index (χ0n) is 18.0. The number of hydrogen-bond acceptors (Lipinski definition) is 4. The van der Waals surface area contributed by atoms with Crippen molar-refractivity contribution in [3.05, 3.63) is 23.9 Å². The quantitative estimate of drug-likeness (QED) is 0.555. The highest BCUT2D eigenvalue weighted by Crippen LogP contribution is 2.42. The number of anilines is 1. The summed E-state index contributed by atoms with van der Waals surface area (Å²) in [7, 11) is 0. The molecule has 1 aliphatic carbocycles. The van der Waals surface area contributed by atoms with Gasteiger partial charge < -0.3 is 20.3 Å². The average molecular weight is 388 g/mol. The molecule has 6 nitrogen and oxygen atoms in total. The Hall–Kier alpha value is -1.82. The maximum absolute atomic E-state index is 5.82. The lowest BCUT2D eigenvalue weighted by molar-refractivity contribution is -0.00545. The molecular formula is C22H37N5O. The van der Waals surface area contributed by atoms with Gasteiger partial charge in [-0.3, -0.25) is 0 Å². The van der Waals surface area contributed by atoms with Gasteiger partial charge in [0, 0.05) is 32.4 Å². The Labute approximate surface area is 170 Å². The van der Waals surface area contributed by atoms with Gasteiger partial charge in [0.15, 0.2) is 5.96 Å². The van der Waals surface area contributed by atoms with E-state index < -0.39 is 0 Å². The number of ether oxygens (including phenoxy) is 1. The van der Waals surface area contributed by atoms with Crippen LogP contribution < -0.4 is 15.5 Å². The molecule has 6 heteroatoms. The molecule has 28 heavy (non-hydrogen) atoms. The lowest BCUT2D eigenvalue weighted by Gasteiger charge is -2.41. The van der Waals surface area contributed by atoms with Crippen LogP contribution in [0.1, 0.15) is 58.9 Å². The van der Waals surface area contributed by atoms with Crippen molar-refractivity contribution in [1.82, 2.24) is 15.6 Å². The third-order valence-electron chi connectivity index (χ3n) is 6.11. The molecule has 1 saturated carbocycles. The summed E-state index contributed by atoms with van der Waals surface area (Å²) in [5, 5.41) is 6.92. The summed E-state index contributed by atoms with van der Waals surface area (Å²) in [5.74, 6) is 1.93. The first-order valence-corrected chi connectivity index (χ1v) is 10.9. The minimum absolute atomic E-state index is 0.241. The van der Waals surface area contributed by atoms with Crippen molar-refractivity contribution < 1.29 is 4.74 Å². The van der Waals surface area contributed by atoms with Crippen molar-refractivity contribution in [3.63, 3.8) is 0 Å². The van der Waals surface area contributed by atoms with Crippen molar-refractivity contribution in [3.8, 4) is 0 Å². The van der Waals surface area contributed by atoms with E-state index in [2.05, 4.69) is 60.3 Å². The molecule has 156 valence electrons. The van der Waals surface area contributed by atoms with Crippen LogP contribution in [0.25, 0.3) is 0 Å². The third-order valence-corrected chi connectivity index (χ3v) is 6.11. The highest BCUT2D eigenvalue weighted by Gasteiger charge is 2.34. The van der Waals surface area contributed by atoms with Crippen LogP contribution in [0.3, 0.4) is 0 Å². The molecule has 2 aliphatic rings. The SMILES string of the molecule is CCNC(=NCc1ccc(N2CC(C)OC(C)C2)nc1)NCC1(CC)CCC1. The van der Waals surface area contributed by atoms with E-state index >= 15 is 0 Å². The van der Waals surface area contributed by atoms with Crippen LogP contribution in [0.2, 0.25) is 0 Å². The average Bonchev–Trinajstić information content (AvgIpc) is 2.65. The maximum Gasteiger partial charge on any atom is 0.191 e. The van der Waals surface area contributed by atoms with E-state index in [1.54, 1.807) is 0 Å². The largest absolute Gasteiger partial charge is 0.372 e. The van der Waals surface area contributed by atoms with E-state index in [9.17, 15) is 0 Å². The standard InChI is InChI=1S/C22H37N5O/c1-5-22(10-7-11-22)16-26-21(23-6-2)25-13-19-8-9-20(24-12-19)27-14-17(3)28-18(4)15-27/h8-9,12,17-18H,5-7,10-11,13-16H2,1-4H3,(H2,23,25,26). The Morgan fingerprint density at radius 2 is 1.96 bits per heavy atom. The Morgan fingerprint density at radius 3 is 2.50 bits per heavy atom. The normalized spacial score (nSPS) is 24.6. The van der Waals surface area contributed by atoms with Gasteiger partial charge in [0.1, 0.15) is 5.82 Å². The molecule has 1 aromatic rings. The number of nitrogens with zero attached hydrogens (tertiary/aromatic N) is 3. The van der Waals surface area contributed by atoms with Crippen LogP contribution >= 0.6 is 0 Å². The molecule has 0 radical (unpaired) electrons. The number of rotatable bonds is 7. The summed E-state index contributed by atoms with van der Waals surface area (Å²) < 4.78 is 5.82. The van der Waals surface area contributed by atoms with Gasteiger partial charge in [-0.1, -0.05) is 19.4 Å². The van der Waals surface area contributed by atoms with Crippen molar-refractivity contribution in [2.24, 2.45) is 10.4 Å². The topological polar surface area (TPSA) is 61.8 Å². The number of morpholine rings is 1. The number of hydrogen-bond donors (Lipinski definition) is 2. The molecule has 0 aromatic carbocycles. The number of aromatic nitrogens is 1. The van der Waals surface area contributed by atoms with Crippen molar-refractivity contribution in [2.45, 2.75) is 72.1 Å². The fourth-order valence-corrected chi connectivity index (χ4v) is 4.18. The number of pyridine rings is 1. The second-order valence-electron chi connectivity index (χ2n) is 8.44. The van der Waals surface area contributed by atoms with Crippen LogP contribution in [0.15, 0.2) is 23.3 Å². The van der Waals surface area contributed by atoms with E-state index in [1.165, 1.54) is 25.7 Å². The molecule has 1 aliphatic heterocycles. The first-order valence-electron chi connectivity index (χ1n) is 10.9. The summed E-state index contributed by atoms with van der Waals surface area (Å²) in [4.78, 5) is 11.7. The Balaban J connectivity index is 1.56. The second kappa shape index (κ2) is 9.59. The predicted octanol–water partition coefficient (Wildman–Crippen LogP) is 3.33. The fourth-order valence-electron chi connectivity index (χ4n) is 4.18. The van der Waals surface area contributed by atoms with Crippen LogP contribution in [0.4, 0.5) is 5.82 Å². The monoisotopic (exact) mass is 387 g/mol. The van der Waals surface area contributed by atoms with E-state index in [4.69, 9.17) is 9.73 Å². The smallest absolute Gasteiger partial charge is 0.191 e.